The summed E-state index contributed by atoms with van der Waals surface area (Å²) in [6.07, 6.45) is 9.99. The van der Waals surface area contributed by atoms with E-state index in [1.807, 2.05) is 0 Å². The highest BCUT2D eigenvalue weighted by Gasteiger charge is 2.55. The summed E-state index contributed by atoms with van der Waals surface area (Å²) in [4.78, 5) is 2.67. The fourth-order valence-corrected chi connectivity index (χ4v) is 7.50. The molecule has 6 rings (SSSR count). The van der Waals surface area contributed by atoms with Gasteiger partial charge in [-0.15, -0.1) is 0 Å². The number of benzene rings is 1. The predicted molar refractivity (Wildman–Crippen MR) is 152 cm³/mol. The Morgan fingerprint density at radius 1 is 0.730 bits per heavy atom. The number of hydrogen-bond donors (Lipinski definition) is 0. The average Bonchev–Trinajstić information content (AvgIpc) is 3.54. The summed E-state index contributed by atoms with van der Waals surface area (Å²) < 4.78 is 26.0. The summed E-state index contributed by atoms with van der Waals surface area (Å²) in [5.74, 6) is 0.454. The van der Waals surface area contributed by atoms with E-state index in [0.29, 0.717) is 11.2 Å². The second-order valence-electron chi connectivity index (χ2n) is 14.6. The van der Waals surface area contributed by atoms with Crippen molar-refractivity contribution >= 4 is 25.4 Å². The Kier molecular flexibility index (Phi) is 6.02. The van der Waals surface area contributed by atoms with Crippen LogP contribution in [0.15, 0.2) is 12.1 Å². The Morgan fingerprint density at radius 3 is 1.84 bits per heavy atom. The van der Waals surface area contributed by atoms with Crippen LogP contribution >= 0.6 is 0 Å². The van der Waals surface area contributed by atoms with Gasteiger partial charge in [0.1, 0.15) is 0 Å². The normalized spacial score (nSPS) is 29.5. The standard InChI is InChI=1S/C30H47B2NO4/c1-26(2)27(3,4)35-31(34-26)21-14-19-33(20-15-21)24-12-11-23(32-36-28(5,6)29(7,8)37-32)22-13-18-30(25(22)24)16-9-10-17-30/h11-12,21H,9-10,13-20H2,1-8H3. The summed E-state index contributed by atoms with van der Waals surface area (Å²) in [7, 11) is -0.372. The number of piperidine rings is 1. The predicted octanol–water partition coefficient (Wildman–Crippen LogP) is 5.81. The van der Waals surface area contributed by atoms with Gasteiger partial charge in [0.2, 0.25) is 0 Å². The van der Waals surface area contributed by atoms with Crippen molar-refractivity contribution in [2.45, 2.75) is 140 Å². The third-order valence-corrected chi connectivity index (χ3v) is 11.3. The van der Waals surface area contributed by atoms with Crippen LogP contribution in [-0.2, 0) is 30.5 Å². The zero-order valence-electron chi connectivity index (χ0n) is 24.5. The van der Waals surface area contributed by atoms with E-state index in [2.05, 4.69) is 72.4 Å². The first-order valence-electron chi connectivity index (χ1n) is 14.9. The summed E-state index contributed by atoms with van der Waals surface area (Å²) in [6, 6.07) is 4.73. The van der Waals surface area contributed by atoms with Crippen LogP contribution < -0.4 is 10.4 Å². The maximum Gasteiger partial charge on any atom is 0.495 e. The number of hydrogen-bond acceptors (Lipinski definition) is 5. The average molecular weight is 507 g/mol. The highest BCUT2D eigenvalue weighted by Crippen LogP contribution is 2.54. The van der Waals surface area contributed by atoms with E-state index >= 15 is 0 Å². The zero-order valence-corrected chi connectivity index (χ0v) is 24.5. The largest absolute Gasteiger partial charge is 0.495 e. The van der Waals surface area contributed by atoms with Crippen molar-refractivity contribution in [1.82, 2.24) is 0 Å². The van der Waals surface area contributed by atoms with Crippen molar-refractivity contribution in [3.63, 3.8) is 0 Å². The molecule has 1 aromatic rings. The van der Waals surface area contributed by atoms with E-state index in [1.165, 1.54) is 48.8 Å². The first-order chi connectivity index (χ1) is 17.3. The van der Waals surface area contributed by atoms with Crippen LogP contribution in [0.1, 0.15) is 111 Å². The molecule has 0 radical (unpaired) electrons. The van der Waals surface area contributed by atoms with Crippen LogP contribution in [0, 0.1) is 0 Å². The van der Waals surface area contributed by atoms with Gasteiger partial charge >= 0.3 is 14.2 Å². The third-order valence-electron chi connectivity index (χ3n) is 11.3. The number of anilines is 1. The van der Waals surface area contributed by atoms with Gasteiger partial charge in [0, 0.05) is 18.8 Å². The lowest BCUT2D eigenvalue weighted by atomic mass is 9.66. The maximum absolute atomic E-state index is 6.55. The molecule has 4 fully saturated rings. The Hall–Kier alpha value is -1.01. The van der Waals surface area contributed by atoms with Gasteiger partial charge in [-0.3, -0.25) is 0 Å². The maximum atomic E-state index is 6.55. The molecule has 37 heavy (non-hydrogen) atoms. The van der Waals surface area contributed by atoms with Gasteiger partial charge < -0.3 is 23.5 Å². The molecular weight excluding hydrogens is 460 g/mol. The van der Waals surface area contributed by atoms with Gasteiger partial charge in [0.25, 0.3) is 0 Å². The highest BCUT2D eigenvalue weighted by molar-refractivity contribution is 6.62. The number of nitrogens with zero attached hydrogens (tertiary/aromatic N) is 1. The molecule has 2 aliphatic carbocycles. The molecule has 5 nitrogen and oxygen atoms in total. The molecule has 5 aliphatic rings. The molecule has 1 saturated carbocycles. The first-order valence-corrected chi connectivity index (χ1v) is 14.9. The van der Waals surface area contributed by atoms with Gasteiger partial charge in [-0.1, -0.05) is 18.9 Å². The summed E-state index contributed by atoms with van der Waals surface area (Å²) in [6.45, 7) is 19.4. The van der Waals surface area contributed by atoms with Gasteiger partial charge in [0.15, 0.2) is 0 Å². The van der Waals surface area contributed by atoms with Crippen molar-refractivity contribution in [2.75, 3.05) is 18.0 Å². The third kappa shape index (κ3) is 4.05. The lowest BCUT2D eigenvalue weighted by Gasteiger charge is -2.38. The van der Waals surface area contributed by atoms with Crippen LogP contribution in [0.25, 0.3) is 0 Å². The fraction of sp³-hybridized carbons (Fsp3) is 0.800. The summed E-state index contributed by atoms with van der Waals surface area (Å²) in [5, 5.41) is 0. The first kappa shape index (κ1) is 26.2. The van der Waals surface area contributed by atoms with Crippen molar-refractivity contribution in [1.29, 1.82) is 0 Å². The minimum Gasteiger partial charge on any atom is -0.403 e. The van der Waals surface area contributed by atoms with Crippen molar-refractivity contribution in [3.05, 3.63) is 23.3 Å². The molecule has 7 heteroatoms. The van der Waals surface area contributed by atoms with Crippen LogP contribution in [-0.4, -0.2) is 49.7 Å². The van der Waals surface area contributed by atoms with Gasteiger partial charge in [-0.2, -0.15) is 0 Å². The molecule has 0 atom stereocenters. The monoisotopic (exact) mass is 507 g/mol. The minimum absolute atomic E-state index is 0.0928. The SMILES string of the molecule is CC1(C)OB(c2ccc(N3CCC(B4OC(C)(C)C(C)(C)O4)CC3)c3c2CCC32CCCC2)OC1(C)C. The van der Waals surface area contributed by atoms with Crippen LogP contribution in [0.5, 0.6) is 0 Å². The highest BCUT2D eigenvalue weighted by atomic mass is 16.7. The minimum atomic E-state index is -0.317. The van der Waals surface area contributed by atoms with Crippen LogP contribution in [0.2, 0.25) is 5.82 Å². The number of rotatable bonds is 3. The number of fused-ring (bicyclic) bond motifs is 2. The van der Waals surface area contributed by atoms with Gasteiger partial charge in [-0.25, -0.2) is 0 Å². The molecule has 3 aliphatic heterocycles. The second kappa shape index (κ2) is 8.49. The Morgan fingerprint density at radius 2 is 1.27 bits per heavy atom. The van der Waals surface area contributed by atoms with E-state index < -0.39 is 0 Å². The van der Waals surface area contributed by atoms with Crippen LogP contribution in [0.3, 0.4) is 0 Å². The molecule has 0 amide bonds. The molecule has 202 valence electrons. The summed E-state index contributed by atoms with van der Waals surface area (Å²) in [5.41, 5.74) is 5.09. The Labute approximate surface area is 225 Å². The molecule has 1 aromatic carbocycles. The lowest BCUT2D eigenvalue weighted by molar-refractivity contribution is 0.00578. The molecule has 0 N–H and O–H groups in total. The van der Waals surface area contributed by atoms with Crippen molar-refractivity contribution in [2.24, 2.45) is 0 Å². The Bertz CT molecular complexity index is 1020. The molecule has 0 unspecified atom stereocenters. The van der Waals surface area contributed by atoms with E-state index in [0.717, 1.165) is 32.4 Å². The summed E-state index contributed by atoms with van der Waals surface area (Å²) >= 11 is 0. The molecule has 0 aromatic heterocycles. The van der Waals surface area contributed by atoms with Crippen molar-refractivity contribution in [3.8, 4) is 0 Å². The quantitative estimate of drug-likeness (QED) is 0.484. The van der Waals surface area contributed by atoms with E-state index in [1.54, 1.807) is 5.56 Å². The van der Waals surface area contributed by atoms with E-state index in [-0.39, 0.29) is 36.6 Å². The molecule has 3 heterocycles. The molecule has 0 bridgehead atoms. The van der Waals surface area contributed by atoms with E-state index in [9.17, 15) is 0 Å². The fourth-order valence-electron chi connectivity index (χ4n) is 7.50. The van der Waals surface area contributed by atoms with Gasteiger partial charge in [-0.05, 0) is 128 Å². The van der Waals surface area contributed by atoms with Crippen molar-refractivity contribution < 1.29 is 18.6 Å². The van der Waals surface area contributed by atoms with Gasteiger partial charge in [0.05, 0.1) is 22.4 Å². The smallest absolute Gasteiger partial charge is 0.403 e. The Balaban J connectivity index is 1.27. The second-order valence-corrected chi connectivity index (χ2v) is 14.6. The van der Waals surface area contributed by atoms with Crippen LogP contribution in [0.4, 0.5) is 5.69 Å². The van der Waals surface area contributed by atoms with E-state index in [4.69, 9.17) is 18.6 Å². The topological polar surface area (TPSA) is 40.2 Å². The zero-order chi connectivity index (χ0) is 26.4. The molecule has 3 saturated heterocycles. The molecule has 1 spiro atoms. The molecular formula is C30H47B2NO4. The lowest BCUT2D eigenvalue weighted by Crippen LogP contribution is -2.41.